The van der Waals surface area contributed by atoms with Gasteiger partial charge in [0.15, 0.2) is 0 Å². The molecule has 2 aliphatic rings. The van der Waals surface area contributed by atoms with Gasteiger partial charge in [0.1, 0.15) is 17.3 Å². The fourth-order valence-corrected chi connectivity index (χ4v) is 4.13. The summed E-state index contributed by atoms with van der Waals surface area (Å²) in [6.07, 6.45) is 7.25. The van der Waals surface area contributed by atoms with Crippen molar-refractivity contribution in [3.8, 4) is 0 Å². The molecule has 0 aliphatic carbocycles. The molecule has 1 fully saturated rings. The predicted molar refractivity (Wildman–Crippen MR) is 113 cm³/mol. The van der Waals surface area contributed by atoms with Gasteiger partial charge in [0.2, 0.25) is 0 Å². The van der Waals surface area contributed by atoms with Crippen molar-refractivity contribution in [2.75, 3.05) is 31.6 Å². The van der Waals surface area contributed by atoms with Crippen LogP contribution in [0.3, 0.4) is 0 Å². The maximum absolute atomic E-state index is 12.5. The van der Waals surface area contributed by atoms with E-state index in [9.17, 15) is 4.79 Å². The summed E-state index contributed by atoms with van der Waals surface area (Å²) in [5, 5.41) is 2.92. The number of fused-ring (bicyclic) bond motifs is 1. The second-order valence-electron chi connectivity index (χ2n) is 7.98. The molecule has 1 saturated heterocycles. The van der Waals surface area contributed by atoms with E-state index in [4.69, 9.17) is 9.72 Å². The van der Waals surface area contributed by atoms with Crippen LogP contribution in [-0.4, -0.2) is 48.7 Å². The lowest BCUT2D eigenvalue weighted by atomic mass is 10.0. The number of rotatable bonds is 7. The van der Waals surface area contributed by atoms with Crippen LogP contribution in [0.15, 0.2) is 30.3 Å². The molecular formula is C23H30N4O2. The van der Waals surface area contributed by atoms with E-state index >= 15 is 0 Å². The Bertz CT molecular complexity index is 834. The number of carbonyl (C=O) groups excluding carboxylic acids is 1. The first-order valence-electron chi connectivity index (χ1n) is 10.8. The molecule has 2 aliphatic heterocycles. The zero-order valence-corrected chi connectivity index (χ0v) is 17.2. The van der Waals surface area contributed by atoms with Gasteiger partial charge in [-0.1, -0.05) is 30.3 Å². The predicted octanol–water partition coefficient (Wildman–Crippen LogP) is 2.94. The molecule has 0 radical (unpaired) electrons. The first-order chi connectivity index (χ1) is 14.2. The lowest BCUT2D eigenvalue weighted by Crippen LogP contribution is -2.36. The average Bonchev–Trinajstić information content (AvgIpc) is 2.77. The molecule has 1 aromatic carbocycles. The Morgan fingerprint density at radius 3 is 2.83 bits per heavy atom. The minimum absolute atomic E-state index is 0.0834. The minimum Gasteiger partial charge on any atom is -0.378 e. The van der Waals surface area contributed by atoms with E-state index in [0.29, 0.717) is 18.3 Å². The highest BCUT2D eigenvalue weighted by Crippen LogP contribution is 2.25. The first-order valence-corrected chi connectivity index (χ1v) is 10.8. The molecule has 6 nitrogen and oxygen atoms in total. The topological polar surface area (TPSA) is 67.3 Å². The van der Waals surface area contributed by atoms with Crippen molar-refractivity contribution >= 4 is 11.7 Å². The van der Waals surface area contributed by atoms with Crippen molar-refractivity contribution in [1.82, 2.24) is 15.3 Å². The lowest BCUT2D eigenvalue weighted by molar-refractivity contribution is 0.0126. The summed E-state index contributed by atoms with van der Waals surface area (Å²) in [5.74, 6) is 1.56. The number of nitrogens with zero attached hydrogens (tertiary/aromatic N) is 3. The minimum atomic E-state index is -0.0834. The van der Waals surface area contributed by atoms with Gasteiger partial charge in [-0.2, -0.15) is 0 Å². The molecule has 3 heterocycles. The Kier molecular flexibility index (Phi) is 6.39. The quantitative estimate of drug-likeness (QED) is 0.782. The average molecular weight is 395 g/mol. The SMILES string of the molecule is CN(CCC1CCCCO1)c1nc(CCc2ccccc2)nc2c1CCNC2=O. The molecule has 154 valence electrons. The summed E-state index contributed by atoms with van der Waals surface area (Å²) >= 11 is 0. The third-order valence-corrected chi connectivity index (χ3v) is 5.81. The molecular weight excluding hydrogens is 364 g/mol. The fraction of sp³-hybridized carbons (Fsp3) is 0.522. The van der Waals surface area contributed by atoms with Gasteiger partial charge in [0.25, 0.3) is 5.91 Å². The van der Waals surface area contributed by atoms with Crippen molar-refractivity contribution in [2.24, 2.45) is 0 Å². The zero-order valence-electron chi connectivity index (χ0n) is 17.2. The van der Waals surface area contributed by atoms with Gasteiger partial charge in [-0.15, -0.1) is 0 Å². The summed E-state index contributed by atoms with van der Waals surface area (Å²) < 4.78 is 5.88. The molecule has 29 heavy (non-hydrogen) atoms. The molecule has 1 N–H and O–H groups in total. The summed E-state index contributed by atoms with van der Waals surface area (Å²) in [5.41, 5.74) is 2.77. The Labute approximate surface area is 172 Å². The van der Waals surface area contributed by atoms with Gasteiger partial charge in [-0.25, -0.2) is 9.97 Å². The number of nitrogens with one attached hydrogen (secondary N) is 1. The fourth-order valence-electron chi connectivity index (χ4n) is 4.13. The largest absolute Gasteiger partial charge is 0.378 e. The first kappa shape index (κ1) is 19.8. The van der Waals surface area contributed by atoms with Crippen LogP contribution in [0, 0.1) is 0 Å². The third kappa shape index (κ3) is 4.93. The summed E-state index contributed by atoms with van der Waals surface area (Å²) in [7, 11) is 2.07. The van der Waals surface area contributed by atoms with E-state index < -0.39 is 0 Å². The smallest absolute Gasteiger partial charge is 0.270 e. The lowest BCUT2D eigenvalue weighted by Gasteiger charge is -2.28. The Morgan fingerprint density at radius 2 is 2.03 bits per heavy atom. The van der Waals surface area contributed by atoms with E-state index in [2.05, 4.69) is 34.4 Å². The number of amides is 1. The van der Waals surface area contributed by atoms with E-state index in [0.717, 1.165) is 62.5 Å². The van der Waals surface area contributed by atoms with Gasteiger partial charge in [-0.05, 0) is 44.1 Å². The number of aryl methyl sites for hydroxylation is 2. The van der Waals surface area contributed by atoms with Crippen molar-refractivity contribution in [3.63, 3.8) is 0 Å². The van der Waals surface area contributed by atoms with Crippen LogP contribution in [-0.2, 0) is 24.0 Å². The maximum Gasteiger partial charge on any atom is 0.270 e. The maximum atomic E-state index is 12.5. The van der Waals surface area contributed by atoms with E-state index in [-0.39, 0.29) is 5.91 Å². The Hall–Kier alpha value is -2.47. The molecule has 1 amide bonds. The molecule has 2 aromatic rings. The number of ether oxygens (including phenoxy) is 1. The van der Waals surface area contributed by atoms with Crippen LogP contribution < -0.4 is 10.2 Å². The van der Waals surface area contributed by atoms with Crippen molar-refractivity contribution in [2.45, 2.75) is 51.0 Å². The standard InChI is InChI=1S/C23H30N4O2/c1-27(15-13-18-9-5-6-16-29-18)22-19-12-14-24-23(28)21(19)25-20(26-22)11-10-17-7-3-2-4-8-17/h2-4,7-8,18H,5-6,9-16H2,1H3,(H,24,28). The van der Waals surface area contributed by atoms with Gasteiger partial charge >= 0.3 is 0 Å². The van der Waals surface area contributed by atoms with Crippen molar-refractivity contribution in [1.29, 1.82) is 0 Å². The highest BCUT2D eigenvalue weighted by atomic mass is 16.5. The summed E-state index contributed by atoms with van der Waals surface area (Å²) in [6.45, 7) is 2.39. The monoisotopic (exact) mass is 394 g/mol. The van der Waals surface area contributed by atoms with Gasteiger partial charge in [0.05, 0.1) is 6.10 Å². The van der Waals surface area contributed by atoms with Crippen LogP contribution in [0.2, 0.25) is 0 Å². The third-order valence-electron chi connectivity index (χ3n) is 5.81. The molecule has 4 rings (SSSR count). The van der Waals surface area contributed by atoms with Gasteiger partial charge in [0, 0.05) is 38.7 Å². The molecule has 0 bridgehead atoms. The number of hydrogen-bond donors (Lipinski definition) is 1. The second-order valence-corrected chi connectivity index (χ2v) is 7.98. The molecule has 0 spiro atoms. The Balaban J connectivity index is 1.52. The van der Waals surface area contributed by atoms with Gasteiger partial charge < -0.3 is 15.0 Å². The molecule has 0 saturated carbocycles. The highest BCUT2D eigenvalue weighted by Gasteiger charge is 2.25. The summed E-state index contributed by atoms with van der Waals surface area (Å²) in [4.78, 5) is 24.2. The normalized spacial score (nSPS) is 18.8. The van der Waals surface area contributed by atoms with Crippen LogP contribution in [0.4, 0.5) is 5.82 Å². The number of anilines is 1. The van der Waals surface area contributed by atoms with E-state index in [1.54, 1.807) is 0 Å². The number of hydrogen-bond acceptors (Lipinski definition) is 5. The summed E-state index contributed by atoms with van der Waals surface area (Å²) in [6, 6.07) is 10.3. The number of carbonyl (C=O) groups is 1. The Morgan fingerprint density at radius 1 is 1.17 bits per heavy atom. The van der Waals surface area contributed by atoms with Gasteiger partial charge in [-0.3, -0.25) is 4.79 Å². The number of aromatic nitrogens is 2. The number of benzene rings is 1. The van der Waals surface area contributed by atoms with Crippen molar-refractivity contribution < 1.29 is 9.53 Å². The second kappa shape index (κ2) is 9.35. The molecule has 1 atom stereocenters. The van der Waals surface area contributed by atoms with Crippen molar-refractivity contribution in [3.05, 3.63) is 53.0 Å². The van der Waals surface area contributed by atoms with E-state index in [1.807, 2.05) is 18.2 Å². The zero-order chi connectivity index (χ0) is 20.1. The molecule has 1 unspecified atom stereocenters. The molecule has 1 aromatic heterocycles. The van der Waals surface area contributed by atoms with E-state index in [1.165, 1.54) is 18.4 Å². The van der Waals surface area contributed by atoms with Crippen LogP contribution in [0.5, 0.6) is 0 Å². The van der Waals surface area contributed by atoms with Crippen LogP contribution in [0.25, 0.3) is 0 Å². The highest BCUT2D eigenvalue weighted by molar-refractivity contribution is 5.96. The van der Waals surface area contributed by atoms with Crippen LogP contribution in [0.1, 0.15) is 53.1 Å². The molecule has 6 heteroatoms. The van der Waals surface area contributed by atoms with Crippen LogP contribution >= 0.6 is 0 Å².